The van der Waals surface area contributed by atoms with Gasteiger partial charge in [-0.15, -0.1) is 11.8 Å². The molecule has 1 aliphatic rings. The minimum Gasteiger partial charge on any atom is -0.444 e. The third-order valence-corrected chi connectivity index (χ3v) is 4.14. The van der Waals surface area contributed by atoms with Gasteiger partial charge in [-0.05, 0) is 41.0 Å². The molecule has 25 heavy (non-hydrogen) atoms. The number of carbonyl (C=O) groups is 1. The second-order valence-electron chi connectivity index (χ2n) is 7.37. The highest BCUT2D eigenvalue weighted by atomic mass is 16.6. The van der Waals surface area contributed by atoms with Gasteiger partial charge in [0.25, 0.3) is 0 Å². The number of hydrogen-bond donors (Lipinski definition) is 1. The standard InChI is InChI=1S/C19H28N4O2/c1-6-7-8-9-10-23-17(12-20)15-13-22(14(2)11-16(15)21-23)18(24)25-19(3,4)5/h12,14,20H,8-11,13H2,1-5H3/t14-/m1/s1. The zero-order valence-electron chi connectivity index (χ0n) is 15.8. The van der Waals surface area contributed by atoms with E-state index in [4.69, 9.17) is 10.1 Å². The van der Waals surface area contributed by atoms with Crippen LogP contribution in [0.5, 0.6) is 0 Å². The number of carbonyl (C=O) groups excluding carboxylic acids is 1. The Morgan fingerprint density at radius 3 is 2.80 bits per heavy atom. The third kappa shape index (κ3) is 4.62. The summed E-state index contributed by atoms with van der Waals surface area (Å²) in [5.74, 6) is 5.94. The van der Waals surface area contributed by atoms with Crippen LogP contribution in [0.15, 0.2) is 0 Å². The summed E-state index contributed by atoms with van der Waals surface area (Å²) in [5, 5.41) is 12.5. The van der Waals surface area contributed by atoms with Crippen LogP contribution in [0.3, 0.4) is 0 Å². The molecule has 1 atom stereocenters. The Labute approximate surface area is 150 Å². The lowest BCUT2D eigenvalue weighted by atomic mass is 10.0. The van der Waals surface area contributed by atoms with Gasteiger partial charge < -0.3 is 15.0 Å². The molecule has 1 amide bonds. The molecule has 0 bridgehead atoms. The van der Waals surface area contributed by atoms with Crippen molar-refractivity contribution in [1.82, 2.24) is 14.7 Å². The molecular weight excluding hydrogens is 316 g/mol. The van der Waals surface area contributed by atoms with E-state index < -0.39 is 5.60 Å². The van der Waals surface area contributed by atoms with Gasteiger partial charge in [0.05, 0.1) is 17.9 Å². The first-order chi connectivity index (χ1) is 11.8. The number of hydrogen-bond acceptors (Lipinski definition) is 4. The van der Waals surface area contributed by atoms with Crippen molar-refractivity contribution in [2.75, 3.05) is 0 Å². The Bertz CT molecular complexity index is 703. The van der Waals surface area contributed by atoms with Crippen LogP contribution in [0.1, 0.15) is 64.4 Å². The summed E-state index contributed by atoms with van der Waals surface area (Å²) in [5.41, 5.74) is 2.19. The van der Waals surface area contributed by atoms with E-state index in [1.807, 2.05) is 39.3 Å². The molecule has 0 saturated heterocycles. The third-order valence-electron chi connectivity index (χ3n) is 4.14. The molecule has 1 aromatic rings. The maximum atomic E-state index is 12.5. The molecule has 0 fully saturated rings. The smallest absolute Gasteiger partial charge is 0.410 e. The Hall–Kier alpha value is -2.29. The SMILES string of the molecule is CC#CCCCn1nc2c(c1C=N)CN(C(=O)OC(C)(C)C)[C@H](C)C2. The normalized spacial score (nSPS) is 16.7. The van der Waals surface area contributed by atoms with Crippen molar-refractivity contribution in [1.29, 1.82) is 5.41 Å². The van der Waals surface area contributed by atoms with Crippen molar-refractivity contribution in [3.05, 3.63) is 17.0 Å². The predicted molar refractivity (Wildman–Crippen MR) is 97.7 cm³/mol. The molecule has 1 aromatic heterocycles. The molecule has 2 rings (SSSR count). The van der Waals surface area contributed by atoms with E-state index >= 15 is 0 Å². The van der Waals surface area contributed by atoms with Gasteiger partial charge in [-0.2, -0.15) is 5.10 Å². The lowest BCUT2D eigenvalue weighted by molar-refractivity contribution is 0.0137. The van der Waals surface area contributed by atoms with Gasteiger partial charge in [0.15, 0.2) is 0 Å². The maximum absolute atomic E-state index is 12.5. The first-order valence-corrected chi connectivity index (χ1v) is 8.75. The quantitative estimate of drug-likeness (QED) is 0.517. The van der Waals surface area contributed by atoms with Crippen LogP contribution in [0.25, 0.3) is 0 Å². The highest BCUT2D eigenvalue weighted by molar-refractivity contribution is 5.78. The van der Waals surface area contributed by atoms with Crippen LogP contribution < -0.4 is 0 Å². The number of aryl methyl sites for hydroxylation is 1. The number of fused-ring (bicyclic) bond motifs is 1. The lowest BCUT2D eigenvalue weighted by Crippen LogP contribution is -2.45. The van der Waals surface area contributed by atoms with Gasteiger partial charge in [0, 0.05) is 37.2 Å². The van der Waals surface area contributed by atoms with Gasteiger partial charge in [-0.3, -0.25) is 4.68 Å². The molecule has 0 radical (unpaired) electrons. The van der Waals surface area contributed by atoms with Crippen molar-refractivity contribution in [2.24, 2.45) is 0 Å². The first-order valence-electron chi connectivity index (χ1n) is 8.75. The molecule has 0 saturated carbocycles. The summed E-state index contributed by atoms with van der Waals surface area (Å²) in [6.07, 6.45) is 3.41. The van der Waals surface area contributed by atoms with E-state index in [1.54, 1.807) is 4.90 Å². The Morgan fingerprint density at radius 1 is 1.48 bits per heavy atom. The van der Waals surface area contributed by atoms with Crippen LogP contribution in [0.4, 0.5) is 4.79 Å². The Kier molecular flexibility index (Phi) is 5.89. The lowest BCUT2D eigenvalue weighted by Gasteiger charge is -2.34. The number of ether oxygens (including phenoxy) is 1. The summed E-state index contributed by atoms with van der Waals surface area (Å²) in [7, 11) is 0. The molecule has 6 nitrogen and oxygen atoms in total. The van der Waals surface area contributed by atoms with Crippen molar-refractivity contribution >= 4 is 12.3 Å². The molecule has 2 heterocycles. The van der Waals surface area contributed by atoms with E-state index in [9.17, 15) is 4.79 Å². The van der Waals surface area contributed by atoms with Gasteiger partial charge in [0.2, 0.25) is 0 Å². The van der Waals surface area contributed by atoms with Crippen LogP contribution in [0.2, 0.25) is 0 Å². The molecule has 0 aliphatic carbocycles. The zero-order valence-corrected chi connectivity index (χ0v) is 15.8. The van der Waals surface area contributed by atoms with Gasteiger partial charge in [-0.1, -0.05) is 0 Å². The van der Waals surface area contributed by atoms with Crippen LogP contribution in [0, 0.1) is 17.3 Å². The van der Waals surface area contributed by atoms with Gasteiger partial charge in [0.1, 0.15) is 5.60 Å². The van der Waals surface area contributed by atoms with Crippen molar-refractivity contribution in [3.63, 3.8) is 0 Å². The number of rotatable bonds is 4. The Morgan fingerprint density at radius 2 is 2.20 bits per heavy atom. The summed E-state index contributed by atoms with van der Waals surface area (Å²) < 4.78 is 7.40. The topological polar surface area (TPSA) is 71.2 Å². The van der Waals surface area contributed by atoms with E-state index in [1.165, 1.54) is 6.21 Å². The Balaban J connectivity index is 2.19. The second-order valence-corrected chi connectivity index (χ2v) is 7.37. The molecule has 6 heteroatoms. The van der Waals surface area contributed by atoms with Crippen LogP contribution in [-0.4, -0.2) is 38.6 Å². The fraction of sp³-hybridized carbons (Fsp3) is 0.632. The fourth-order valence-electron chi connectivity index (χ4n) is 2.96. The fourth-order valence-corrected chi connectivity index (χ4v) is 2.96. The monoisotopic (exact) mass is 344 g/mol. The molecule has 1 N–H and O–H groups in total. The summed E-state index contributed by atoms with van der Waals surface area (Å²) in [6.45, 7) is 10.6. The van der Waals surface area contributed by atoms with E-state index in [-0.39, 0.29) is 12.1 Å². The maximum Gasteiger partial charge on any atom is 0.410 e. The minimum absolute atomic E-state index is 0.0234. The molecular formula is C19H28N4O2. The highest BCUT2D eigenvalue weighted by Crippen LogP contribution is 2.27. The predicted octanol–water partition coefficient (Wildman–Crippen LogP) is 3.37. The number of nitrogens with one attached hydrogen (secondary N) is 1. The van der Waals surface area contributed by atoms with Crippen LogP contribution >= 0.6 is 0 Å². The zero-order chi connectivity index (χ0) is 18.6. The first kappa shape index (κ1) is 19.0. The van der Waals surface area contributed by atoms with E-state index in [0.717, 1.165) is 36.3 Å². The minimum atomic E-state index is -0.522. The summed E-state index contributed by atoms with van der Waals surface area (Å²) in [4.78, 5) is 14.2. The highest BCUT2D eigenvalue weighted by Gasteiger charge is 2.33. The molecule has 0 unspecified atom stereocenters. The average molecular weight is 344 g/mol. The summed E-state index contributed by atoms with van der Waals surface area (Å²) >= 11 is 0. The second kappa shape index (κ2) is 7.73. The van der Waals surface area contributed by atoms with E-state index in [0.29, 0.717) is 13.0 Å². The van der Waals surface area contributed by atoms with Gasteiger partial charge >= 0.3 is 6.09 Å². The van der Waals surface area contributed by atoms with Crippen molar-refractivity contribution in [2.45, 2.75) is 78.6 Å². The molecule has 136 valence electrons. The number of nitrogens with zero attached hydrogens (tertiary/aromatic N) is 3. The number of aromatic nitrogens is 2. The molecule has 1 aliphatic heterocycles. The molecule has 0 spiro atoms. The summed E-state index contributed by atoms with van der Waals surface area (Å²) in [6, 6.07) is 0.0234. The average Bonchev–Trinajstić information content (AvgIpc) is 2.85. The number of unbranched alkanes of at least 4 members (excludes halogenated alkanes) is 1. The largest absolute Gasteiger partial charge is 0.444 e. The molecule has 0 aromatic carbocycles. The number of amides is 1. The van der Waals surface area contributed by atoms with Crippen molar-refractivity contribution in [3.8, 4) is 11.8 Å². The van der Waals surface area contributed by atoms with Gasteiger partial charge in [-0.25, -0.2) is 4.79 Å². The van der Waals surface area contributed by atoms with Crippen molar-refractivity contribution < 1.29 is 9.53 Å². The van der Waals surface area contributed by atoms with Crippen LogP contribution in [-0.2, 0) is 24.2 Å². The van der Waals surface area contributed by atoms with E-state index in [2.05, 4.69) is 16.9 Å².